The van der Waals surface area contributed by atoms with E-state index in [9.17, 15) is 9.59 Å². The summed E-state index contributed by atoms with van der Waals surface area (Å²) in [5.74, 6) is -1.27. The fourth-order valence-electron chi connectivity index (χ4n) is 1.83. The minimum atomic E-state index is -0.639. The maximum atomic E-state index is 11.7. The highest BCUT2D eigenvalue weighted by Crippen LogP contribution is 2.05. The topological polar surface area (TPSA) is 71.1 Å². The quantitative estimate of drug-likeness (QED) is 0.831. The molecule has 5 nitrogen and oxygen atoms in total. The van der Waals surface area contributed by atoms with Gasteiger partial charge in [0, 0.05) is 25.5 Å². The van der Waals surface area contributed by atoms with Crippen LogP contribution in [0.3, 0.4) is 0 Å². The number of hydrogen-bond donors (Lipinski definition) is 2. The molecule has 2 rings (SSSR count). The fraction of sp³-hybridized carbons (Fsp3) is 0.188. The fourth-order valence-corrected chi connectivity index (χ4v) is 1.83. The normalized spacial score (nSPS) is 9.95. The van der Waals surface area contributed by atoms with Crippen LogP contribution < -0.4 is 10.6 Å². The number of carbonyl (C=O) groups is 2. The third-order valence-electron chi connectivity index (χ3n) is 3.11. The summed E-state index contributed by atoms with van der Waals surface area (Å²) in [6.07, 6.45) is 3.28. The predicted octanol–water partition coefficient (Wildman–Crippen LogP) is 1.32. The largest absolute Gasteiger partial charge is 0.344 e. The lowest BCUT2D eigenvalue weighted by Crippen LogP contribution is -2.39. The van der Waals surface area contributed by atoms with E-state index >= 15 is 0 Å². The number of nitrogens with zero attached hydrogens (tertiary/aromatic N) is 1. The zero-order chi connectivity index (χ0) is 15.1. The highest BCUT2D eigenvalue weighted by molar-refractivity contribution is 6.35. The van der Waals surface area contributed by atoms with E-state index in [0.29, 0.717) is 13.1 Å². The molecule has 0 saturated carbocycles. The smallest absolute Gasteiger partial charge is 0.309 e. The van der Waals surface area contributed by atoms with Crippen LogP contribution in [0.4, 0.5) is 0 Å². The minimum absolute atomic E-state index is 0.305. The Morgan fingerprint density at radius 3 is 2.24 bits per heavy atom. The zero-order valence-electron chi connectivity index (χ0n) is 11.8. The van der Waals surface area contributed by atoms with Gasteiger partial charge in [-0.15, -0.1) is 0 Å². The summed E-state index contributed by atoms with van der Waals surface area (Å²) in [7, 11) is 0. The van der Waals surface area contributed by atoms with Gasteiger partial charge < -0.3 is 10.6 Å². The van der Waals surface area contributed by atoms with Crippen molar-refractivity contribution in [1.29, 1.82) is 0 Å². The molecule has 0 atom stereocenters. The van der Waals surface area contributed by atoms with Crippen molar-refractivity contribution in [2.45, 2.75) is 20.0 Å². The summed E-state index contributed by atoms with van der Waals surface area (Å²) in [5.41, 5.74) is 2.97. The van der Waals surface area contributed by atoms with E-state index in [1.54, 1.807) is 24.5 Å². The summed E-state index contributed by atoms with van der Waals surface area (Å²) in [4.78, 5) is 27.3. The summed E-state index contributed by atoms with van der Waals surface area (Å²) in [6, 6.07) is 11.3. The molecule has 21 heavy (non-hydrogen) atoms. The second-order valence-corrected chi connectivity index (χ2v) is 4.65. The zero-order valence-corrected chi connectivity index (χ0v) is 11.8. The standard InChI is InChI=1S/C16H17N3O2/c1-12-4-2-3-5-14(12)11-19-16(21)15(20)18-10-13-6-8-17-9-7-13/h2-9H,10-11H2,1H3,(H,18,20)(H,19,21). The number of hydrogen-bond acceptors (Lipinski definition) is 3. The molecular weight excluding hydrogens is 266 g/mol. The molecule has 1 heterocycles. The molecule has 0 bridgehead atoms. The third-order valence-corrected chi connectivity index (χ3v) is 3.11. The molecule has 2 aromatic rings. The van der Waals surface area contributed by atoms with Crippen LogP contribution in [0.1, 0.15) is 16.7 Å². The van der Waals surface area contributed by atoms with Crippen LogP contribution in [0.25, 0.3) is 0 Å². The van der Waals surface area contributed by atoms with Crippen molar-refractivity contribution in [1.82, 2.24) is 15.6 Å². The van der Waals surface area contributed by atoms with Gasteiger partial charge in [0.15, 0.2) is 0 Å². The van der Waals surface area contributed by atoms with Crippen LogP contribution in [-0.4, -0.2) is 16.8 Å². The van der Waals surface area contributed by atoms with Gasteiger partial charge in [0.1, 0.15) is 0 Å². The summed E-state index contributed by atoms with van der Waals surface area (Å²) < 4.78 is 0. The molecule has 0 aliphatic heterocycles. The molecule has 1 aromatic carbocycles. The lowest BCUT2D eigenvalue weighted by molar-refractivity contribution is -0.139. The van der Waals surface area contributed by atoms with Gasteiger partial charge in [-0.25, -0.2) is 0 Å². The van der Waals surface area contributed by atoms with Crippen LogP contribution in [-0.2, 0) is 22.7 Å². The van der Waals surface area contributed by atoms with E-state index in [2.05, 4.69) is 15.6 Å². The van der Waals surface area contributed by atoms with Crippen molar-refractivity contribution in [3.8, 4) is 0 Å². The second kappa shape index (κ2) is 7.19. The minimum Gasteiger partial charge on any atom is -0.344 e. The summed E-state index contributed by atoms with van der Waals surface area (Å²) >= 11 is 0. The molecule has 0 saturated heterocycles. The van der Waals surface area contributed by atoms with Crippen molar-refractivity contribution in [2.24, 2.45) is 0 Å². The SMILES string of the molecule is Cc1ccccc1CNC(=O)C(=O)NCc1ccncc1. The number of amides is 2. The van der Waals surface area contributed by atoms with Crippen molar-refractivity contribution in [3.05, 3.63) is 65.5 Å². The molecule has 1 aromatic heterocycles. The van der Waals surface area contributed by atoms with E-state index in [-0.39, 0.29) is 0 Å². The van der Waals surface area contributed by atoms with E-state index in [4.69, 9.17) is 0 Å². The van der Waals surface area contributed by atoms with Crippen molar-refractivity contribution in [2.75, 3.05) is 0 Å². The first-order valence-corrected chi connectivity index (χ1v) is 6.66. The van der Waals surface area contributed by atoms with Gasteiger partial charge in [0.2, 0.25) is 0 Å². The molecule has 2 N–H and O–H groups in total. The van der Waals surface area contributed by atoms with Crippen LogP contribution >= 0.6 is 0 Å². The Morgan fingerprint density at radius 1 is 0.952 bits per heavy atom. The Hall–Kier alpha value is -2.69. The number of nitrogens with one attached hydrogen (secondary N) is 2. The lowest BCUT2D eigenvalue weighted by atomic mass is 10.1. The third kappa shape index (κ3) is 4.42. The molecule has 5 heteroatoms. The summed E-state index contributed by atoms with van der Waals surface area (Å²) in [5, 5.41) is 5.18. The van der Waals surface area contributed by atoms with Crippen molar-refractivity contribution >= 4 is 11.8 Å². The number of pyridine rings is 1. The number of aromatic nitrogens is 1. The Bertz CT molecular complexity index is 626. The number of rotatable bonds is 4. The van der Waals surface area contributed by atoms with E-state index < -0.39 is 11.8 Å². The first kappa shape index (κ1) is 14.7. The average Bonchev–Trinajstić information content (AvgIpc) is 2.52. The van der Waals surface area contributed by atoms with Gasteiger partial charge in [-0.05, 0) is 35.7 Å². The maximum Gasteiger partial charge on any atom is 0.309 e. The van der Waals surface area contributed by atoms with Crippen LogP contribution in [0.2, 0.25) is 0 Å². The molecule has 2 amide bonds. The lowest BCUT2D eigenvalue weighted by Gasteiger charge is -2.08. The van der Waals surface area contributed by atoms with Crippen LogP contribution in [0.15, 0.2) is 48.8 Å². The van der Waals surface area contributed by atoms with Crippen LogP contribution in [0, 0.1) is 6.92 Å². The monoisotopic (exact) mass is 283 g/mol. The van der Waals surface area contributed by atoms with Gasteiger partial charge in [-0.2, -0.15) is 0 Å². The van der Waals surface area contributed by atoms with Crippen molar-refractivity contribution in [3.63, 3.8) is 0 Å². The van der Waals surface area contributed by atoms with E-state index in [0.717, 1.165) is 16.7 Å². The maximum absolute atomic E-state index is 11.7. The molecular formula is C16H17N3O2. The molecule has 0 aliphatic carbocycles. The number of benzene rings is 1. The molecule has 0 fully saturated rings. The highest BCUT2D eigenvalue weighted by Gasteiger charge is 2.12. The van der Waals surface area contributed by atoms with E-state index in [1.165, 1.54) is 0 Å². The molecule has 0 unspecified atom stereocenters. The van der Waals surface area contributed by atoms with Gasteiger partial charge >= 0.3 is 11.8 Å². The Balaban J connectivity index is 1.80. The molecule has 0 radical (unpaired) electrons. The van der Waals surface area contributed by atoms with Gasteiger partial charge in [0.05, 0.1) is 0 Å². The summed E-state index contributed by atoms with van der Waals surface area (Å²) in [6.45, 7) is 2.61. The van der Waals surface area contributed by atoms with Gasteiger partial charge in [-0.1, -0.05) is 24.3 Å². The number of carbonyl (C=O) groups excluding carboxylic acids is 2. The molecule has 0 aliphatic rings. The second-order valence-electron chi connectivity index (χ2n) is 4.65. The molecule has 0 spiro atoms. The average molecular weight is 283 g/mol. The highest BCUT2D eigenvalue weighted by atomic mass is 16.2. The first-order valence-electron chi connectivity index (χ1n) is 6.66. The molecule has 108 valence electrons. The van der Waals surface area contributed by atoms with Crippen LogP contribution in [0.5, 0.6) is 0 Å². The number of aryl methyl sites for hydroxylation is 1. The van der Waals surface area contributed by atoms with Crippen molar-refractivity contribution < 1.29 is 9.59 Å². The van der Waals surface area contributed by atoms with Gasteiger partial charge in [-0.3, -0.25) is 14.6 Å². The first-order chi connectivity index (χ1) is 10.2. The van der Waals surface area contributed by atoms with E-state index in [1.807, 2.05) is 31.2 Å². The Kier molecular flexibility index (Phi) is 5.04. The van der Waals surface area contributed by atoms with Gasteiger partial charge in [0.25, 0.3) is 0 Å². The Labute approximate surface area is 123 Å². The predicted molar refractivity (Wildman–Crippen MR) is 79.1 cm³/mol. The Morgan fingerprint density at radius 2 is 1.57 bits per heavy atom.